The van der Waals surface area contributed by atoms with Gasteiger partial charge in [-0.15, -0.1) is 0 Å². The monoisotopic (exact) mass is 387 g/mol. The average Bonchev–Trinajstić information content (AvgIpc) is 3.22. The predicted octanol–water partition coefficient (Wildman–Crippen LogP) is 2.42. The van der Waals surface area contributed by atoms with Gasteiger partial charge < -0.3 is 29.8 Å². The van der Waals surface area contributed by atoms with E-state index in [2.05, 4.69) is 22.9 Å². The summed E-state index contributed by atoms with van der Waals surface area (Å²) in [7, 11) is 2.99. The Morgan fingerprint density at radius 2 is 1.93 bits per heavy atom. The Bertz CT molecular complexity index is 835. The van der Waals surface area contributed by atoms with Gasteiger partial charge in [-0.3, -0.25) is 9.59 Å². The van der Waals surface area contributed by atoms with Crippen LogP contribution in [0.3, 0.4) is 0 Å². The van der Waals surface area contributed by atoms with Crippen molar-refractivity contribution in [3.8, 4) is 11.5 Å². The summed E-state index contributed by atoms with van der Waals surface area (Å²) in [5.41, 5.74) is 0.613. The van der Waals surface area contributed by atoms with Gasteiger partial charge in [0.05, 0.1) is 31.7 Å². The number of hydrogen-bond donors (Lipinski definition) is 3. The van der Waals surface area contributed by atoms with Crippen molar-refractivity contribution in [2.75, 3.05) is 26.1 Å². The molecule has 2 heterocycles. The largest absolute Gasteiger partial charge is 0.493 e. The Kier molecular flexibility index (Phi) is 6.20. The standard InChI is InChI=1S/C20H25N3O5/c1-12-9-13(6-7-21-12)22-19(24)14-10-17(26-2)18(27-3)11-15(14)23-20(25)16-5-4-8-28-16/h4-5,8,10-13,21H,6-7,9H2,1-3H3,(H,22,24)(H,23,25). The van der Waals surface area contributed by atoms with Gasteiger partial charge in [-0.05, 0) is 44.5 Å². The van der Waals surface area contributed by atoms with Gasteiger partial charge in [-0.2, -0.15) is 0 Å². The van der Waals surface area contributed by atoms with Gasteiger partial charge in [0.1, 0.15) is 0 Å². The van der Waals surface area contributed by atoms with Crippen LogP contribution >= 0.6 is 0 Å². The molecule has 1 fully saturated rings. The van der Waals surface area contributed by atoms with Crippen LogP contribution in [0.1, 0.15) is 40.7 Å². The number of amides is 2. The Balaban J connectivity index is 1.88. The molecule has 8 heteroatoms. The van der Waals surface area contributed by atoms with Crippen molar-refractivity contribution in [1.29, 1.82) is 0 Å². The summed E-state index contributed by atoms with van der Waals surface area (Å²) in [6, 6.07) is 6.70. The van der Waals surface area contributed by atoms with Crippen molar-refractivity contribution in [3.05, 3.63) is 41.9 Å². The van der Waals surface area contributed by atoms with E-state index < -0.39 is 5.91 Å². The number of rotatable bonds is 6. The lowest BCUT2D eigenvalue weighted by Gasteiger charge is -2.29. The lowest BCUT2D eigenvalue weighted by molar-refractivity contribution is 0.0926. The molecule has 2 atom stereocenters. The number of furan rings is 1. The molecule has 0 spiro atoms. The first kappa shape index (κ1) is 19.8. The number of methoxy groups -OCH3 is 2. The highest BCUT2D eigenvalue weighted by Crippen LogP contribution is 2.34. The van der Waals surface area contributed by atoms with Crippen LogP contribution in [-0.4, -0.2) is 44.7 Å². The SMILES string of the molecule is COc1cc(NC(=O)c2ccco2)c(C(=O)NC2CCNC(C)C2)cc1OC. The number of hydrogen-bond acceptors (Lipinski definition) is 6. The summed E-state index contributed by atoms with van der Waals surface area (Å²) in [6.45, 7) is 2.93. The second-order valence-electron chi connectivity index (χ2n) is 6.73. The first-order valence-corrected chi connectivity index (χ1v) is 9.17. The highest BCUT2D eigenvalue weighted by atomic mass is 16.5. The van der Waals surface area contributed by atoms with Gasteiger partial charge in [0.15, 0.2) is 17.3 Å². The van der Waals surface area contributed by atoms with Gasteiger partial charge >= 0.3 is 0 Å². The van der Waals surface area contributed by atoms with Crippen LogP contribution in [0.25, 0.3) is 0 Å². The minimum atomic E-state index is -0.457. The molecule has 1 aromatic heterocycles. The Morgan fingerprint density at radius 1 is 1.18 bits per heavy atom. The van der Waals surface area contributed by atoms with Crippen LogP contribution in [0.2, 0.25) is 0 Å². The van der Waals surface area contributed by atoms with Crippen LogP contribution in [0, 0.1) is 0 Å². The lowest BCUT2D eigenvalue weighted by atomic mass is 10.00. The van der Waals surface area contributed by atoms with Crippen LogP contribution < -0.4 is 25.4 Å². The second-order valence-corrected chi connectivity index (χ2v) is 6.73. The van der Waals surface area contributed by atoms with E-state index in [0.29, 0.717) is 28.8 Å². The summed E-state index contributed by atoms with van der Waals surface area (Å²) < 4.78 is 15.8. The van der Waals surface area contributed by atoms with Crippen LogP contribution in [0.4, 0.5) is 5.69 Å². The van der Waals surface area contributed by atoms with Gasteiger partial charge in [-0.25, -0.2) is 0 Å². The molecule has 1 aromatic carbocycles. The third-order valence-corrected chi connectivity index (χ3v) is 4.72. The van der Waals surface area contributed by atoms with Crippen LogP contribution in [0.15, 0.2) is 34.9 Å². The first-order chi connectivity index (χ1) is 13.5. The second kappa shape index (κ2) is 8.79. The number of nitrogens with one attached hydrogen (secondary N) is 3. The van der Waals surface area contributed by atoms with E-state index in [1.807, 2.05) is 0 Å². The number of carbonyl (C=O) groups is 2. The fourth-order valence-corrected chi connectivity index (χ4v) is 3.29. The van der Waals surface area contributed by atoms with Crippen molar-refractivity contribution in [2.24, 2.45) is 0 Å². The normalized spacial score (nSPS) is 19.0. The predicted molar refractivity (Wildman–Crippen MR) is 104 cm³/mol. The number of benzene rings is 1. The quantitative estimate of drug-likeness (QED) is 0.704. The third-order valence-electron chi connectivity index (χ3n) is 4.72. The average molecular weight is 387 g/mol. The lowest BCUT2D eigenvalue weighted by Crippen LogP contribution is -2.46. The van der Waals surface area contributed by atoms with Crippen molar-refractivity contribution in [1.82, 2.24) is 10.6 Å². The van der Waals surface area contributed by atoms with Crippen molar-refractivity contribution >= 4 is 17.5 Å². The molecule has 0 aliphatic carbocycles. The smallest absolute Gasteiger partial charge is 0.291 e. The van der Waals surface area contributed by atoms with Crippen molar-refractivity contribution < 1.29 is 23.5 Å². The zero-order valence-corrected chi connectivity index (χ0v) is 16.2. The van der Waals surface area contributed by atoms with E-state index in [9.17, 15) is 9.59 Å². The number of anilines is 1. The molecule has 2 unspecified atom stereocenters. The summed E-state index contributed by atoms with van der Waals surface area (Å²) in [4.78, 5) is 25.4. The highest BCUT2D eigenvalue weighted by Gasteiger charge is 2.24. The van der Waals surface area contributed by atoms with Gasteiger partial charge in [-0.1, -0.05) is 0 Å². The molecule has 0 saturated carbocycles. The minimum absolute atomic E-state index is 0.0606. The molecular weight excluding hydrogens is 362 g/mol. The van der Waals surface area contributed by atoms with Crippen LogP contribution in [-0.2, 0) is 0 Å². The fraction of sp³-hybridized carbons (Fsp3) is 0.400. The van der Waals surface area contributed by atoms with Gasteiger partial charge in [0, 0.05) is 18.2 Å². The van der Waals surface area contributed by atoms with Crippen molar-refractivity contribution in [2.45, 2.75) is 31.8 Å². The molecule has 1 aliphatic rings. The summed E-state index contributed by atoms with van der Waals surface area (Å²) in [5, 5.41) is 9.13. The molecule has 2 aromatic rings. The van der Waals surface area contributed by atoms with E-state index in [1.165, 1.54) is 20.5 Å². The number of carbonyl (C=O) groups excluding carboxylic acids is 2. The van der Waals surface area contributed by atoms with Crippen LogP contribution in [0.5, 0.6) is 11.5 Å². The minimum Gasteiger partial charge on any atom is -0.493 e. The fourth-order valence-electron chi connectivity index (χ4n) is 3.29. The Morgan fingerprint density at radius 3 is 2.57 bits per heavy atom. The van der Waals surface area contributed by atoms with E-state index in [-0.39, 0.29) is 17.7 Å². The topological polar surface area (TPSA) is 102 Å². The molecule has 1 saturated heterocycles. The molecule has 150 valence electrons. The third kappa shape index (κ3) is 4.45. The Hall–Kier alpha value is -3.00. The number of piperidine rings is 1. The number of ether oxygens (including phenoxy) is 2. The molecule has 1 aliphatic heterocycles. The summed E-state index contributed by atoms with van der Waals surface area (Å²) in [6.07, 6.45) is 3.10. The Labute approximate surface area is 163 Å². The van der Waals surface area contributed by atoms with E-state index >= 15 is 0 Å². The molecule has 0 radical (unpaired) electrons. The summed E-state index contributed by atoms with van der Waals surface area (Å²) >= 11 is 0. The molecule has 3 rings (SSSR count). The van der Waals surface area contributed by atoms with E-state index in [0.717, 1.165) is 19.4 Å². The van der Waals surface area contributed by atoms with Gasteiger partial charge in [0.2, 0.25) is 0 Å². The molecule has 0 bridgehead atoms. The zero-order chi connectivity index (χ0) is 20.1. The molecule has 3 N–H and O–H groups in total. The maximum absolute atomic E-state index is 13.0. The molecule has 28 heavy (non-hydrogen) atoms. The maximum atomic E-state index is 13.0. The molecule has 2 amide bonds. The maximum Gasteiger partial charge on any atom is 0.291 e. The van der Waals surface area contributed by atoms with E-state index in [4.69, 9.17) is 13.9 Å². The molecule has 8 nitrogen and oxygen atoms in total. The van der Waals surface area contributed by atoms with E-state index in [1.54, 1.807) is 24.3 Å². The molecular formula is C20H25N3O5. The zero-order valence-electron chi connectivity index (χ0n) is 16.2. The first-order valence-electron chi connectivity index (χ1n) is 9.17. The summed E-state index contributed by atoms with van der Waals surface area (Å²) in [5.74, 6) is 0.219. The highest BCUT2D eigenvalue weighted by molar-refractivity contribution is 6.08. The van der Waals surface area contributed by atoms with Gasteiger partial charge in [0.25, 0.3) is 11.8 Å². The van der Waals surface area contributed by atoms with Crippen molar-refractivity contribution in [3.63, 3.8) is 0 Å².